The molecule has 0 nitrogen and oxygen atoms in total. The summed E-state index contributed by atoms with van der Waals surface area (Å²) in [7, 11) is 0. The Balaban J connectivity index is 4.14. The van der Waals surface area contributed by atoms with Gasteiger partial charge in [-0.15, -0.1) is 0 Å². The summed E-state index contributed by atoms with van der Waals surface area (Å²) in [6, 6.07) is 0. The monoisotopic (exact) mass is 261 g/mol. The SMILES string of the molecule is C[I-]C(F)(F)C(F)(F)F. The van der Waals surface area contributed by atoms with Gasteiger partial charge >= 0.3 is 58.2 Å². The maximum atomic E-state index is 11.6. The van der Waals surface area contributed by atoms with Gasteiger partial charge in [-0.1, -0.05) is 0 Å². The number of alkyl halides is 7. The summed E-state index contributed by atoms with van der Waals surface area (Å²) in [5.74, 6) is 0. The molecule has 0 N–H and O–H groups in total. The van der Waals surface area contributed by atoms with E-state index >= 15 is 0 Å². The molecule has 9 heavy (non-hydrogen) atoms. The molecule has 0 atom stereocenters. The van der Waals surface area contributed by atoms with Crippen LogP contribution < -0.4 is 21.2 Å². The van der Waals surface area contributed by atoms with Crippen LogP contribution in [0.25, 0.3) is 0 Å². The summed E-state index contributed by atoms with van der Waals surface area (Å²) < 4.78 is 52.1. The van der Waals surface area contributed by atoms with Gasteiger partial charge in [-0.2, -0.15) is 0 Å². The van der Waals surface area contributed by atoms with E-state index in [9.17, 15) is 22.0 Å². The normalized spacial score (nSPS) is 14.4. The van der Waals surface area contributed by atoms with Gasteiger partial charge in [0.15, 0.2) is 0 Å². The van der Waals surface area contributed by atoms with E-state index in [1.165, 1.54) is 0 Å². The van der Waals surface area contributed by atoms with Crippen LogP contribution in [0.1, 0.15) is 0 Å². The number of rotatable bonds is 1. The Bertz CT molecular complexity index is 94.9. The van der Waals surface area contributed by atoms with Crippen LogP contribution in [0.15, 0.2) is 0 Å². The first-order valence-electron chi connectivity index (χ1n) is 1.76. The molecule has 0 rings (SSSR count). The summed E-state index contributed by atoms with van der Waals surface area (Å²) in [5.41, 5.74) is 0. The van der Waals surface area contributed by atoms with Crippen LogP contribution in [0, 0.1) is 0 Å². The van der Waals surface area contributed by atoms with Crippen molar-refractivity contribution < 1.29 is 43.2 Å². The fourth-order valence-electron chi connectivity index (χ4n) is 0.107. The average molecular weight is 261 g/mol. The van der Waals surface area contributed by atoms with Crippen LogP contribution in [0.4, 0.5) is 22.0 Å². The van der Waals surface area contributed by atoms with Gasteiger partial charge < -0.3 is 0 Å². The molecular weight excluding hydrogens is 258 g/mol. The Morgan fingerprint density at radius 3 is 1.33 bits per heavy atom. The Kier molecular flexibility index (Phi) is 2.66. The molecule has 0 spiro atoms. The number of halogens is 6. The summed E-state index contributed by atoms with van der Waals surface area (Å²) >= 11 is -2.09. The molecule has 0 fully saturated rings. The minimum atomic E-state index is -5.34. The van der Waals surface area contributed by atoms with Crippen molar-refractivity contribution in [3.8, 4) is 0 Å². The quantitative estimate of drug-likeness (QED) is 0.318. The van der Waals surface area contributed by atoms with Crippen molar-refractivity contribution in [1.82, 2.24) is 0 Å². The molecule has 0 unspecified atom stereocenters. The van der Waals surface area contributed by atoms with Crippen LogP contribution in [0.3, 0.4) is 0 Å². The first kappa shape index (κ1) is 9.38. The van der Waals surface area contributed by atoms with E-state index in [1.807, 2.05) is 0 Å². The van der Waals surface area contributed by atoms with Crippen molar-refractivity contribution in [2.75, 3.05) is 4.93 Å². The van der Waals surface area contributed by atoms with Gasteiger partial charge in [-0.3, -0.25) is 0 Å². The van der Waals surface area contributed by atoms with Crippen LogP contribution in [0.2, 0.25) is 0 Å². The zero-order valence-corrected chi connectivity index (χ0v) is 6.43. The fraction of sp³-hybridized carbons (Fsp3) is 1.00. The van der Waals surface area contributed by atoms with Gasteiger partial charge in [0.2, 0.25) is 0 Å². The van der Waals surface area contributed by atoms with E-state index in [0.29, 0.717) is 0 Å². The minimum absolute atomic E-state index is 0.895. The van der Waals surface area contributed by atoms with E-state index in [-0.39, 0.29) is 0 Å². The van der Waals surface area contributed by atoms with Gasteiger partial charge in [-0.25, -0.2) is 0 Å². The van der Waals surface area contributed by atoms with Gasteiger partial charge in [0, 0.05) is 0 Å². The molecule has 6 heteroatoms. The molecule has 0 amide bonds. The number of hydrogen-bond donors (Lipinski definition) is 0. The predicted octanol–water partition coefficient (Wildman–Crippen LogP) is -1.14. The summed E-state index contributed by atoms with van der Waals surface area (Å²) in [5, 5.41) is 0. The number of hydrogen-bond acceptors (Lipinski definition) is 0. The second kappa shape index (κ2) is 2.55. The predicted molar refractivity (Wildman–Crippen MR) is 16.9 cm³/mol. The van der Waals surface area contributed by atoms with Crippen LogP contribution in [-0.2, 0) is 0 Å². The maximum absolute atomic E-state index is 11.6. The standard InChI is InChI=1S/C3H3F5I/c1-9-3(7,8)2(4,5)6/h1H3/q-1. The zero-order valence-electron chi connectivity index (χ0n) is 4.27. The average Bonchev–Trinajstić information content (AvgIpc) is 1.64. The third kappa shape index (κ3) is 2.23. The Morgan fingerprint density at radius 1 is 1.00 bits per heavy atom. The Morgan fingerprint density at radius 2 is 1.33 bits per heavy atom. The van der Waals surface area contributed by atoms with Gasteiger partial charge in [0.05, 0.1) is 0 Å². The van der Waals surface area contributed by atoms with E-state index in [2.05, 4.69) is 0 Å². The summed E-state index contributed by atoms with van der Waals surface area (Å²) in [6.45, 7) is 0. The molecule has 0 aliphatic rings. The third-order valence-corrected chi connectivity index (χ3v) is 2.53. The molecule has 0 aromatic heterocycles. The van der Waals surface area contributed by atoms with Crippen LogP contribution in [-0.4, -0.2) is 15.0 Å². The van der Waals surface area contributed by atoms with E-state index in [0.717, 1.165) is 4.93 Å². The molecule has 0 aliphatic heterocycles. The second-order valence-corrected chi connectivity index (χ2v) is 3.62. The second-order valence-electron chi connectivity index (χ2n) is 1.18. The molecule has 0 aromatic rings. The van der Waals surface area contributed by atoms with E-state index in [4.69, 9.17) is 0 Å². The van der Waals surface area contributed by atoms with Crippen LogP contribution >= 0.6 is 0 Å². The van der Waals surface area contributed by atoms with Crippen molar-refractivity contribution in [2.24, 2.45) is 0 Å². The first-order chi connectivity index (χ1) is 3.81. The molecule has 0 aliphatic carbocycles. The fourth-order valence-corrected chi connectivity index (χ4v) is 0.719. The van der Waals surface area contributed by atoms with Crippen LogP contribution in [0.5, 0.6) is 0 Å². The van der Waals surface area contributed by atoms with Gasteiger partial charge in [-0.05, 0) is 0 Å². The Hall–Kier alpha value is 0.380. The molecule has 58 valence electrons. The molecular formula is C3H3F5I-. The molecule has 0 bridgehead atoms. The van der Waals surface area contributed by atoms with Crippen molar-refractivity contribution in [2.45, 2.75) is 10.1 Å². The van der Waals surface area contributed by atoms with E-state index in [1.54, 1.807) is 0 Å². The molecule has 0 radical (unpaired) electrons. The topological polar surface area (TPSA) is 0 Å². The molecule has 0 heterocycles. The summed E-state index contributed by atoms with van der Waals surface area (Å²) in [4.78, 5) is 0.895. The van der Waals surface area contributed by atoms with Gasteiger partial charge in [0.1, 0.15) is 0 Å². The van der Waals surface area contributed by atoms with Gasteiger partial charge in [0.25, 0.3) is 0 Å². The molecule has 0 aromatic carbocycles. The molecule has 0 saturated heterocycles. The third-order valence-electron chi connectivity index (χ3n) is 0.559. The Labute approximate surface area is 58.7 Å². The van der Waals surface area contributed by atoms with E-state index < -0.39 is 31.3 Å². The van der Waals surface area contributed by atoms with Crippen molar-refractivity contribution in [1.29, 1.82) is 0 Å². The van der Waals surface area contributed by atoms with Crippen molar-refractivity contribution in [3.63, 3.8) is 0 Å². The first-order valence-corrected chi connectivity index (χ1v) is 5.00. The van der Waals surface area contributed by atoms with Crippen molar-refractivity contribution >= 4 is 0 Å². The molecule has 0 saturated carbocycles. The summed E-state index contributed by atoms with van der Waals surface area (Å²) in [6.07, 6.45) is -5.34. The van der Waals surface area contributed by atoms with Crippen molar-refractivity contribution in [3.05, 3.63) is 0 Å². The zero-order chi connectivity index (χ0) is 7.71.